The predicted octanol–water partition coefficient (Wildman–Crippen LogP) is 1.59. The molecule has 1 fully saturated rings. The number of hydrogen-bond donors (Lipinski definition) is 2. The zero-order chi connectivity index (χ0) is 19.1. The van der Waals surface area contributed by atoms with Crippen LogP contribution in [-0.2, 0) is 14.3 Å². The van der Waals surface area contributed by atoms with Crippen LogP contribution in [0.25, 0.3) is 0 Å². The van der Waals surface area contributed by atoms with Crippen LogP contribution in [0.4, 0.5) is 0 Å². The lowest BCUT2D eigenvalue weighted by Crippen LogP contribution is -2.60. The molecule has 8 nitrogen and oxygen atoms in total. The normalized spacial score (nSPS) is 16.8. The van der Waals surface area contributed by atoms with Gasteiger partial charge in [-0.2, -0.15) is 0 Å². The summed E-state index contributed by atoms with van der Waals surface area (Å²) in [7, 11) is 0. The summed E-state index contributed by atoms with van der Waals surface area (Å²) in [4.78, 5) is 37.8. The lowest BCUT2D eigenvalue weighted by molar-refractivity contribution is -0.147. The van der Waals surface area contributed by atoms with E-state index < -0.39 is 17.9 Å². The Morgan fingerprint density at radius 1 is 1.50 bits per heavy atom. The van der Waals surface area contributed by atoms with Gasteiger partial charge in [0.05, 0.1) is 13.0 Å². The van der Waals surface area contributed by atoms with Crippen molar-refractivity contribution in [1.29, 1.82) is 0 Å². The molecule has 1 unspecified atom stereocenters. The quantitative estimate of drug-likeness (QED) is 0.389. The first-order chi connectivity index (χ1) is 12.4. The monoisotopic (exact) mass is 445 g/mol. The van der Waals surface area contributed by atoms with Gasteiger partial charge in [0.2, 0.25) is 5.91 Å². The van der Waals surface area contributed by atoms with Crippen LogP contribution in [0, 0.1) is 0 Å². The number of nitrogens with zero attached hydrogens (tertiary/aromatic N) is 1. The van der Waals surface area contributed by atoms with Crippen molar-refractivity contribution in [2.24, 2.45) is 0 Å². The second kappa shape index (κ2) is 9.67. The van der Waals surface area contributed by atoms with Crippen LogP contribution in [0.1, 0.15) is 36.7 Å². The number of piperazine rings is 1. The summed E-state index contributed by atoms with van der Waals surface area (Å²) in [6, 6.07) is 2.25. The van der Waals surface area contributed by atoms with Crippen molar-refractivity contribution in [3.63, 3.8) is 0 Å². The number of rotatable bonds is 6. The van der Waals surface area contributed by atoms with Crippen LogP contribution in [0.5, 0.6) is 0 Å². The number of unbranched alkanes of at least 4 members (excludes halogenated alkanes) is 1. The maximum Gasteiger partial charge on any atom is 0.308 e. The number of amides is 2. The fraction of sp³-hybridized carbons (Fsp3) is 0.500. The van der Waals surface area contributed by atoms with Crippen molar-refractivity contribution < 1.29 is 23.5 Å². The summed E-state index contributed by atoms with van der Waals surface area (Å²) >= 11 is 8.37. The number of carbonyl (C=O) groups is 3. The van der Waals surface area contributed by atoms with Crippen LogP contribution in [0.3, 0.4) is 0 Å². The summed E-state index contributed by atoms with van der Waals surface area (Å²) < 4.78 is 10.7. The van der Waals surface area contributed by atoms with Gasteiger partial charge in [-0.3, -0.25) is 19.7 Å². The van der Waals surface area contributed by atoms with Gasteiger partial charge in [0.25, 0.3) is 5.91 Å². The number of esters is 1. The average molecular weight is 446 g/mol. The molecule has 0 aromatic carbocycles. The van der Waals surface area contributed by atoms with Gasteiger partial charge in [-0.05, 0) is 46.7 Å². The molecule has 1 aliphatic rings. The number of ether oxygens (including phenoxy) is 1. The summed E-state index contributed by atoms with van der Waals surface area (Å²) in [5.41, 5.74) is 0. The number of carbonyl (C=O) groups excluding carboxylic acids is 3. The van der Waals surface area contributed by atoms with Gasteiger partial charge in [-0.25, -0.2) is 0 Å². The molecule has 0 spiro atoms. The number of hydrogen-bond acceptors (Lipinski definition) is 6. The fourth-order valence-electron chi connectivity index (χ4n) is 2.37. The lowest BCUT2D eigenvalue weighted by Gasteiger charge is -2.36. The minimum atomic E-state index is -0.825. The highest BCUT2D eigenvalue weighted by Crippen LogP contribution is 2.15. The predicted molar refractivity (Wildman–Crippen MR) is 100 cm³/mol. The van der Waals surface area contributed by atoms with Gasteiger partial charge in [0.15, 0.2) is 15.5 Å². The molecule has 26 heavy (non-hydrogen) atoms. The largest absolute Gasteiger partial charge is 0.466 e. The SMILES string of the molecule is CCCCOC(=O)CC1C(=O)NCCN1C(=S)NC(=O)c1ccc(Br)o1. The zero-order valence-corrected chi connectivity index (χ0v) is 16.7. The second-order valence-electron chi connectivity index (χ2n) is 5.64. The van der Waals surface area contributed by atoms with Crippen LogP contribution < -0.4 is 10.6 Å². The maximum atomic E-state index is 12.2. The third-order valence-electron chi connectivity index (χ3n) is 3.73. The van der Waals surface area contributed by atoms with E-state index in [9.17, 15) is 14.4 Å². The smallest absolute Gasteiger partial charge is 0.308 e. The van der Waals surface area contributed by atoms with Crippen molar-refractivity contribution in [3.05, 3.63) is 22.6 Å². The first-order valence-electron chi connectivity index (χ1n) is 8.23. The molecule has 2 amide bonds. The van der Waals surface area contributed by atoms with Crippen LogP contribution in [0.2, 0.25) is 0 Å². The Morgan fingerprint density at radius 2 is 2.27 bits per heavy atom. The topological polar surface area (TPSA) is 101 Å². The third kappa shape index (κ3) is 5.53. The Morgan fingerprint density at radius 3 is 2.92 bits per heavy atom. The van der Waals surface area contributed by atoms with Gasteiger partial charge in [0, 0.05) is 13.1 Å². The summed E-state index contributed by atoms with van der Waals surface area (Å²) in [5, 5.41) is 5.28. The Labute approximate surface area is 164 Å². The molecule has 1 saturated heterocycles. The first-order valence-corrected chi connectivity index (χ1v) is 9.43. The second-order valence-corrected chi connectivity index (χ2v) is 6.81. The molecule has 142 valence electrons. The van der Waals surface area contributed by atoms with Crippen molar-refractivity contribution in [3.8, 4) is 0 Å². The molecule has 1 aliphatic heterocycles. The van der Waals surface area contributed by atoms with Gasteiger partial charge < -0.3 is 19.4 Å². The van der Waals surface area contributed by atoms with E-state index >= 15 is 0 Å². The Hall–Kier alpha value is -1.94. The molecular weight excluding hydrogens is 426 g/mol. The summed E-state index contributed by atoms with van der Waals surface area (Å²) in [5.74, 6) is -1.26. The highest BCUT2D eigenvalue weighted by atomic mass is 79.9. The van der Waals surface area contributed by atoms with Crippen molar-refractivity contribution >= 4 is 51.0 Å². The van der Waals surface area contributed by atoms with Crippen LogP contribution >= 0.6 is 28.1 Å². The molecule has 2 heterocycles. The molecule has 10 heteroatoms. The highest BCUT2D eigenvalue weighted by molar-refractivity contribution is 9.10. The number of halogens is 1. The van der Waals surface area contributed by atoms with E-state index in [1.807, 2.05) is 6.92 Å². The van der Waals surface area contributed by atoms with E-state index in [1.54, 1.807) is 6.07 Å². The summed E-state index contributed by atoms with van der Waals surface area (Å²) in [6.45, 7) is 3.04. The fourth-order valence-corrected chi connectivity index (χ4v) is 2.99. The minimum Gasteiger partial charge on any atom is -0.466 e. The maximum absolute atomic E-state index is 12.2. The molecule has 1 atom stereocenters. The first kappa shape index (κ1) is 20.4. The Bertz CT molecular complexity index is 693. The number of furan rings is 1. The Balaban J connectivity index is 1.99. The molecule has 0 aliphatic carbocycles. The molecule has 1 aromatic rings. The summed E-state index contributed by atoms with van der Waals surface area (Å²) in [6.07, 6.45) is 1.53. The average Bonchev–Trinajstić information content (AvgIpc) is 3.03. The minimum absolute atomic E-state index is 0.0590. The van der Waals surface area contributed by atoms with E-state index in [0.29, 0.717) is 24.4 Å². The third-order valence-corrected chi connectivity index (χ3v) is 4.49. The van der Waals surface area contributed by atoms with Crippen molar-refractivity contribution in [2.75, 3.05) is 19.7 Å². The van der Waals surface area contributed by atoms with E-state index in [2.05, 4.69) is 26.6 Å². The molecule has 2 N–H and O–H groups in total. The van der Waals surface area contributed by atoms with Gasteiger partial charge >= 0.3 is 5.97 Å². The van der Waals surface area contributed by atoms with E-state index in [-0.39, 0.29) is 23.2 Å². The highest BCUT2D eigenvalue weighted by Gasteiger charge is 2.34. The molecule has 1 aromatic heterocycles. The zero-order valence-electron chi connectivity index (χ0n) is 14.2. The van der Waals surface area contributed by atoms with E-state index in [1.165, 1.54) is 11.0 Å². The number of thiocarbonyl (C=S) groups is 1. The van der Waals surface area contributed by atoms with Crippen molar-refractivity contribution in [2.45, 2.75) is 32.2 Å². The Kier molecular flexibility index (Phi) is 7.58. The molecule has 0 saturated carbocycles. The lowest BCUT2D eigenvalue weighted by atomic mass is 10.1. The van der Waals surface area contributed by atoms with Gasteiger partial charge in [0.1, 0.15) is 6.04 Å². The van der Waals surface area contributed by atoms with E-state index in [0.717, 1.165) is 12.8 Å². The molecule has 0 bridgehead atoms. The van der Waals surface area contributed by atoms with E-state index in [4.69, 9.17) is 21.4 Å². The van der Waals surface area contributed by atoms with Gasteiger partial charge in [-0.1, -0.05) is 13.3 Å². The van der Waals surface area contributed by atoms with Crippen molar-refractivity contribution in [1.82, 2.24) is 15.5 Å². The number of nitrogens with one attached hydrogen (secondary N) is 2. The van der Waals surface area contributed by atoms with Crippen LogP contribution in [0.15, 0.2) is 21.2 Å². The van der Waals surface area contributed by atoms with Gasteiger partial charge in [-0.15, -0.1) is 0 Å². The molecule has 2 rings (SSSR count). The van der Waals surface area contributed by atoms with Crippen LogP contribution in [-0.4, -0.2) is 53.5 Å². The molecule has 0 radical (unpaired) electrons. The standard InChI is InChI=1S/C16H20BrN3O5S/c1-2-3-8-24-13(21)9-10-14(22)18-6-7-20(10)16(26)19-15(23)11-4-5-12(17)25-11/h4-5,10H,2-3,6-9H2,1H3,(H,18,22)(H,19,23,26). The molecular formula is C16H20BrN3O5S.